The third-order valence-electron chi connectivity index (χ3n) is 5.09. The summed E-state index contributed by atoms with van der Waals surface area (Å²) in [5.41, 5.74) is -2.02. The van der Waals surface area contributed by atoms with Crippen LogP contribution in [0.4, 0.5) is 4.39 Å². The van der Waals surface area contributed by atoms with E-state index in [1.165, 1.54) is 12.2 Å². The average Bonchev–Trinajstić information content (AvgIpc) is 2.73. The van der Waals surface area contributed by atoms with Crippen molar-refractivity contribution in [3.8, 4) is 5.75 Å². The maximum atomic E-state index is 16.7. The molecule has 5 heteroatoms. The van der Waals surface area contributed by atoms with Gasteiger partial charge in [-0.05, 0) is 50.1 Å². The van der Waals surface area contributed by atoms with E-state index in [0.717, 1.165) is 5.56 Å². The summed E-state index contributed by atoms with van der Waals surface area (Å²) in [6.45, 7) is 5.07. The molecule has 2 aromatic carbocycles. The van der Waals surface area contributed by atoms with Crippen molar-refractivity contribution >= 4 is 17.8 Å². The van der Waals surface area contributed by atoms with Gasteiger partial charge in [0.2, 0.25) is 5.67 Å². The van der Waals surface area contributed by atoms with Crippen LogP contribution in [0.25, 0.3) is 6.08 Å². The van der Waals surface area contributed by atoms with E-state index in [4.69, 9.17) is 9.47 Å². The highest BCUT2D eigenvalue weighted by Crippen LogP contribution is 2.45. The second kappa shape index (κ2) is 8.88. The number of methoxy groups -OCH3 is 1. The Labute approximate surface area is 182 Å². The highest BCUT2D eigenvalue weighted by atomic mass is 19.1. The Hall–Kier alpha value is -3.21. The monoisotopic (exact) mass is 422 g/mol. The zero-order chi connectivity index (χ0) is 22.6. The molecule has 0 heterocycles. The third kappa shape index (κ3) is 5.10. The number of benzene rings is 2. The number of halogens is 1. The molecule has 162 valence electrons. The zero-order valence-electron chi connectivity index (χ0n) is 18.2. The smallest absolute Gasteiger partial charge is 0.349 e. The predicted molar refractivity (Wildman–Crippen MR) is 119 cm³/mol. The number of carbonyl (C=O) groups is 2. The van der Waals surface area contributed by atoms with Gasteiger partial charge in [0, 0.05) is 17.9 Å². The molecule has 0 saturated carbocycles. The van der Waals surface area contributed by atoms with E-state index in [1.54, 1.807) is 70.4 Å². The summed E-state index contributed by atoms with van der Waals surface area (Å²) >= 11 is 0. The van der Waals surface area contributed by atoms with E-state index in [1.807, 2.05) is 18.2 Å². The van der Waals surface area contributed by atoms with Crippen molar-refractivity contribution in [2.24, 2.45) is 0 Å². The van der Waals surface area contributed by atoms with Crippen LogP contribution in [0.15, 0.2) is 72.3 Å². The number of ketones is 1. The Kier molecular flexibility index (Phi) is 6.44. The summed E-state index contributed by atoms with van der Waals surface area (Å²) in [5.74, 6) is -1.51. The van der Waals surface area contributed by atoms with Crippen LogP contribution in [0.2, 0.25) is 0 Å². The number of esters is 1. The third-order valence-corrected chi connectivity index (χ3v) is 5.09. The molecule has 4 nitrogen and oxygen atoms in total. The van der Waals surface area contributed by atoms with E-state index in [0.29, 0.717) is 11.3 Å². The van der Waals surface area contributed by atoms with E-state index in [9.17, 15) is 9.59 Å². The second-order valence-corrected chi connectivity index (χ2v) is 8.55. The first-order valence-corrected chi connectivity index (χ1v) is 10.2. The van der Waals surface area contributed by atoms with Crippen LogP contribution in [0.5, 0.6) is 5.75 Å². The molecule has 0 unspecified atom stereocenters. The highest BCUT2D eigenvalue weighted by molar-refractivity contribution is 5.99. The fourth-order valence-corrected chi connectivity index (χ4v) is 3.60. The molecule has 0 saturated heterocycles. The number of allylic oxidation sites excluding steroid dienone is 2. The topological polar surface area (TPSA) is 52.6 Å². The summed E-state index contributed by atoms with van der Waals surface area (Å²) in [4.78, 5) is 25.6. The molecule has 2 aromatic rings. The van der Waals surface area contributed by atoms with Crippen LogP contribution < -0.4 is 4.74 Å². The number of rotatable bonds is 5. The van der Waals surface area contributed by atoms with Crippen LogP contribution in [-0.2, 0) is 14.3 Å². The van der Waals surface area contributed by atoms with Gasteiger partial charge >= 0.3 is 5.97 Å². The van der Waals surface area contributed by atoms with Crippen molar-refractivity contribution in [2.75, 3.05) is 7.11 Å². The van der Waals surface area contributed by atoms with Gasteiger partial charge in [0.1, 0.15) is 11.4 Å². The Bertz CT molecular complexity index is 1000. The molecule has 0 fully saturated rings. The molecule has 0 N–H and O–H groups in total. The lowest BCUT2D eigenvalue weighted by Crippen LogP contribution is -2.48. The lowest BCUT2D eigenvalue weighted by Gasteiger charge is -2.37. The van der Waals surface area contributed by atoms with E-state index >= 15 is 4.39 Å². The van der Waals surface area contributed by atoms with Gasteiger partial charge in [0.15, 0.2) is 5.78 Å². The number of ether oxygens (including phenoxy) is 2. The molecular weight excluding hydrogens is 395 g/mol. The van der Waals surface area contributed by atoms with Gasteiger partial charge < -0.3 is 9.47 Å². The summed E-state index contributed by atoms with van der Waals surface area (Å²) < 4.78 is 27.4. The molecule has 0 radical (unpaired) electrons. The van der Waals surface area contributed by atoms with Gasteiger partial charge in [-0.1, -0.05) is 54.6 Å². The van der Waals surface area contributed by atoms with E-state index in [2.05, 4.69) is 0 Å². The summed E-state index contributed by atoms with van der Waals surface area (Å²) in [5, 5.41) is 0. The molecule has 0 spiro atoms. The van der Waals surface area contributed by atoms with Gasteiger partial charge in [0.25, 0.3) is 0 Å². The minimum absolute atomic E-state index is 0.0114. The number of hydrogen-bond donors (Lipinski definition) is 0. The van der Waals surface area contributed by atoms with Crippen LogP contribution in [0.1, 0.15) is 44.2 Å². The first-order chi connectivity index (χ1) is 14.6. The van der Waals surface area contributed by atoms with Gasteiger partial charge in [-0.3, -0.25) is 4.79 Å². The van der Waals surface area contributed by atoms with Gasteiger partial charge in [-0.2, -0.15) is 0 Å². The normalized spacial score (nSPS) is 21.6. The van der Waals surface area contributed by atoms with Crippen molar-refractivity contribution in [1.29, 1.82) is 0 Å². The largest absolute Gasteiger partial charge is 0.497 e. The van der Waals surface area contributed by atoms with Crippen molar-refractivity contribution in [1.82, 2.24) is 0 Å². The van der Waals surface area contributed by atoms with Crippen molar-refractivity contribution in [3.05, 3.63) is 83.4 Å². The quantitative estimate of drug-likeness (QED) is 0.602. The molecule has 0 bridgehead atoms. The number of hydrogen-bond acceptors (Lipinski definition) is 4. The van der Waals surface area contributed by atoms with Gasteiger partial charge in [-0.25, -0.2) is 9.18 Å². The molecule has 2 atom stereocenters. The summed E-state index contributed by atoms with van der Waals surface area (Å²) in [6.07, 6.45) is 4.26. The standard InChI is InChI=1S/C26H27FO4/c1-25(2,3)31-24(29)26(27)20(13-10-18-11-14-22(30-4)15-12-18)16-21(28)17-23(26)19-8-6-5-7-9-19/h5-16,23H,17H2,1-4H3/b13-10+/t23-,26+/m0/s1. The fraction of sp³-hybridized carbons (Fsp3) is 0.308. The Morgan fingerprint density at radius 3 is 2.29 bits per heavy atom. The van der Waals surface area contributed by atoms with Crippen LogP contribution in [-0.4, -0.2) is 30.1 Å². The molecule has 31 heavy (non-hydrogen) atoms. The lowest BCUT2D eigenvalue weighted by molar-refractivity contribution is -0.168. The van der Waals surface area contributed by atoms with Crippen LogP contribution >= 0.6 is 0 Å². The molecule has 1 aliphatic rings. The fourth-order valence-electron chi connectivity index (χ4n) is 3.60. The summed E-state index contributed by atoms with van der Waals surface area (Å²) in [7, 11) is 1.57. The zero-order valence-corrected chi connectivity index (χ0v) is 18.2. The predicted octanol–water partition coefficient (Wildman–Crippen LogP) is 5.44. The maximum absolute atomic E-state index is 16.7. The molecule has 0 aromatic heterocycles. The van der Waals surface area contributed by atoms with E-state index in [-0.39, 0.29) is 17.8 Å². The van der Waals surface area contributed by atoms with Crippen LogP contribution in [0, 0.1) is 0 Å². The highest BCUT2D eigenvalue weighted by Gasteiger charge is 2.54. The van der Waals surface area contributed by atoms with Crippen molar-refractivity contribution in [3.63, 3.8) is 0 Å². The SMILES string of the molecule is COc1ccc(/C=C/C2=CC(=O)C[C@@H](c3ccccc3)[C@@]2(F)C(=O)OC(C)(C)C)cc1. The molecule has 3 rings (SSSR count). The van der Waals surface area contributed by atoms with Crippen molar-refractivity contribution < 1.29 is 23.5 Å². The summed E-state index contributed by atoms with van der Waals surface area (Å²) in [6, 6.07) is 16.0. The molecular formula is C26H27FO4. The van der Waals surface area contributed by atoms with Crippen molar-refractivity contribution in [2.45, 2.75) is 44.4 Å². The molecule has 0 aliphatic heterocycles. The van der Waals surface area contributed by atoms with Crippen LogP contribution in [0.3, 0.4) is 0 Å². The first kappa shape index (κ1) is 22.5. The molecule has 1 aliphatic carbocycles. The second-order valence-electron chi connectivity index (χ2n) is 8.55. The minimum Gasteiger partial charge on any atom is -0.497 e. The minimum atomic E-state index is -2.49. The number of alkyl halides is 1. The Morgan fingerprint density at radius 1 is 1.06 bits per heavy atom. The number of carbonyl (C=O) groups excluding carboxylic acids is 2. The van der Waals surface area contributed by atoms with Gasteiger partial charge in [0.05, 0.1) is 7.11 Å². The first-order valence-electron chi connectivity index (χ1n) is 10.2. The Balaban J connectivity index is 2.05. The van der Waals surface area contributed by atoms with E-state index < -0.39 is 23.2 Å². The van der Waals surface area contributed by atoms with Gasteiger partial charge in [-0.15, -0.1) is 0 Å². The molecule has 0 amide bonds. The lowest BCUT2D eigenvalue weighted by atomic mass is 9.71. The Morgan fingerprint density at radius 2 is 1.71 bits per heavy atom. The average molecular weight is 422 g/mol. The maximum Gasteiger partial charge on any atom is 0.349 e.